The first kappa shape index (κ1) is 12.7. The number of hydrogen-bond donors (Lipinski definition) is 2. The highest BCUT2D eigenvalue weighted by Crippen LogP contribution is 2.24. The van der Waals surface area contributed by atoms with Gasteiger partial charge in [-0.1, -0.05) is 6.07 Å². The molecule has 1 aliphatic carbocycles. The summed E-state index contributed by atoms with van der Waals surface area (Å²) in [5.41, 5.74) is 2.64. The Morgan fingerprint density at radius 1 is 1.40 bits per heavy atom. The second-order valence-electron chi connectivity index (χ2n) is 4.88. The van der Waals surface area contributed by atoms with Gasteiger partial charge < -0.3 is 10.1 Å². The number of amides is 1. The lowest BCUT2D eigenvalue weighted by Gasteiger charge is -2.19. The molecule has 6 nitrogen and oxygen atoms in total. The van der Waals surface area contributed by atoms with E-state index in [1.54, 1.807) is 7.11 Å². The van der Waals surface area contributed by atoms with Crippen LogP contribution in [0.25, 0.3) is 0 Å². The Labute approximate surface area is 116 Å². The molecule has 1 aromatic carbocycles. The summed E-state index contributed by atoms with van der Waals surface area (Å²) >= 11 is 0. The summed E-state index contributed by atoms with van der Waals surface area (Å²) in [7, 11) is 1.61. The number of carbonyl (C=O) groups excluding carboxylic acids is 1. The molecule has 1 amide bonds. The van der Waals surface area contributed by atoms with E-state index < -0.39 is 0 Å². The molecule has 0 bridgehead atoms. The van der Waals surface area contributed by atoms with Crippen LogP contribution < -0.4 is 10.1 Å². The Bertz CT molecular complexity index is 623. The van der Waals surface area contributed by atoms with Crippen LogP contribution in [0.4, 0.5) is 5.69 Å². The summed E-state index contributed by atoms with van der Waals surface area (Å²) in [4.78, 5) is 12.3. The van der Waals surface area contributed by atoms with Gasteiger partial charge in [0.1, 0.15) is 5.75 Å². The van der Waals surface area contributed by atoms with Crippen molar-refractivity contribution in [2.75, 3.05) is 12.4 Å². The van der Waals surface area contributed by atoms with Gasteiger partial charge in [-0.3, -0.25) is 4.79 Å². The van der Waals surface area contributed by atoms with E-state index in [4.69, 9.17) is 4.74 Å². The first-order valence-corrected chi connectivity index (χ1v) is 6.59. The number of nitrogens with zero attached hydrogens (tertiary/aromatic N) is 2. The smallest absolute Gasteiger partial charge is 0.227 e. The second kappa shape index (κ2) is 5.32. The fourth-order valence-electron chi connectivity index (χ4n) is 2.45. The fourth-order valence-corrected chi connectivity index (χ4v) is 2.45. The van der Waals surface area contributed by atoms with Gasteiger partial charge in [0.25, 0.3) is 0 Å². The third-order valence-corrected chi connectivity index (χ3v) is 3.58. The molecule has 0 radical (unpaired) electrons. The molecule has 0 saturated heterocycles. The lowest BCUT2D eigenvalue weighted by atomic mass is 9.89. The highest BCUT2D eigenvalue weighted by Gasteiger charge is 2.27. The number of aromatic amines is 1. The number of aryl methyl sites for hydroxylation is 1. The average Bonchev–Trinajstić information content (AvgIpc) is 2.94. The minimum absolute atomic E-state index is 0.0203. The van der Waals surface area contributed by atoms with Crippen LogP contribution in [-0.2, 0) is 17.6 Å². The Morgan fingerprint density at radius 2 is 2.25 bits per heavy atom. The number of carbonyl (C=O) groups is 1. The molecule has 0 aliphatic heterocycles. The van der Waals surface area contributed by atoms with Crippen LogP contribution >= 0.6 is 0 Å². The molecule has 1 aliphatic rings. The Hall–Kier alpha value is -2.37. The lowest BCUT2D eigenvalue weighted by molar-refractivity contribution is -0.120. The first-order valence-electron chi connectivity index (χ1n) is 6.59. The van der Waals surface area contributed by atoms with E-state index in [-0.39, 0.29) is 11.8 Å². The van der Waals surface area contributed by atoms with Crippen LogP contribution in [0.15, 0.2) is 24.3 Å². The standard InChI is InChI=1S/C14H16N4O2/c1-20-11-4-2-3-10(8-11)15-14(19)9-5-6-12-13(7-9)17-18-16-12/h2-4,8-9H,5-7H2,1H3,(H,15,19)(H,16,17,18). The molecule has 0 fully saturated rings. The molecular formula is C14H16N4O2. The van der Waals surface area contributed by atoms with E-state index in [2.05, 4.69) is 20.7 Å². The molecule has 6 heteroatoms. The molecule has 20 heavy (non-hydrogen) atoms. The van der Waals surface area contributed by atoms with E-state index in [1.807, 2.05) is 24.3 Å². The lowest BCUT2D eigenvalue weighted by Crippen LogP contribution is -2.28. The number of benzene rings is 1. The maximum absolute atomic E-state index is 12.3. The topological polar surface area (TPSA) is 79.9 Å². The minimum atomic E-state index is -0.0567. The number of methoxy groups -OCH3 is 1. The number of fused-ring (bicyclic) bond motifs is 1. The zero-order chi connectivity index (χ0) is 13.9. The van der Waals surface area contributed by atoms with Gasteiger partial charge in [0.05, 0.1) is 18.5 Å². The fraction of sp³-hybridized carbons (Fsp3) is 0.357. The van der Waals surface area contributed by atoms with E-state index in [0.717, 1.165) is 35.7 Å². The Balaban J connectivity index is 1.68. The summed E-state index contributed by atoms with van der Waals surface area (Å²) in [6, 6.07) is 7.36. The molecule has 0 spiro atoms. The normalized spacial score (nSPS) is 17.4. The molecule has 0 saturated carbocycles. The quantitative estimate of drug-likeness (QED) is 0.888. The summed E-state index contributed by atoms with van der Waals surface area (Å²) in [5.74, 6) is 0.691. The summed E-state index contributed by atoms with van der Waals surface area (Å²) < 4.78 is 5.14. The number of rotatable bonds is 3. The first-order chi connectivity index (χ1) is 9.76. The van der Waals surface area contributed by atoms with Crippen LogP contribution in [0.2, 0.25) is 0 Å². The highest BCUT2D eigenvalue weighted by molar-refractivity contribution is 5.93. The maximum Gasteiger partial charge on any atom is 0.227 e. The van der Waals surface area contributed by atoms with Gasteiger partial charge in [0, 0.05) is 24.1 Å². The van der Waals surface area contributed by atoms with Crippen LogP contribution in [0.5, 0.6) is 5.75 Å². The van der Waals surface area contributed by atoms with E-state index in [0.29, 0.717) is 6.42 Å². The molecular weight excluding hydrogens is 256 g/mol. The van der Waals surface area contributed by atoms with Crippen LogP contribution in [0.1, 0.15) is 17.8 Å². The Kier molecular flexibility index (Phi) is 3.37. The molecule has 3 rings (SSSR count). The molecule has 1 aromatic heterocycles. The SMILES string of the molecule is COc1cccc(NC(=O)C2CCc3n[nH]nc3C2)c1. The largest absolute Gasteiger partial charge is 0.497 e. The third kappa shape index (κ3) is 2.49. The third-order valence-electron chi connectivity index (χ3n) is 3.58. The molecule has 1 atom stereocenters. The van der Waals surface area contributed by atoms with Gasteiger partial charge >= 0.3 is 0 Å². The summed E-state index contributed by atoms with van der Waals surface area (Å²) in [6.45, 7) is 0. The van der Waals surface area contributed by atoms with Crippen molar-refractivity contribution in [3.63, 3.8) is 0 Å². The van der Waals surface area contributed by atoms with Gasteiger partial charge in [-0.2, -0.15) is 15.4 Å². The van der Waals surface area contributed by atoms with Crippen LogP contribution in [0.3, 0.4) is 0 Å². The zero-order valence-corrected chi connectivity index (χ0v) is 11.2. The van der Waals surface area contributed by atoms with E-state index in [1.165, 1.54) is 0 Å². The summed E-state index contributed by atoms with van der Waals surface area (Å²) in [6.07, 6.45) is 2.24. The summed E-state index contributed by atoms with van der Waals surface area (Å²) in [5, 5.41) is 13.7. The average molecular weight is 272 g/mol. The number of hydrogen-bond acceptors (Lipinski definition) is 4. The van der Waals surface area contributed by atoms with Crippen molar-refractivity contribution >= 4 is 11.6 Å². The van der Waals surface area contributed by atoms with E-state index >= 15 is 0 Å². The van der Waals surface area contributed by atoms with Crippen molar-refractivity contribution in [2.24, 2.45) is 5.92 Å². The van der Waals surface area contributed by atoms with Crippen molar-refractivity contribution < 1.29 is 9.53 Å². The predicted molar refractivity (Wildman–Crippen MR) is 73.5 cm³/mol. The van der Waals surface area contributed by atoms with Crippen LogP contribution in [-0.4, -0.2) is 28.4 Å². The van der Waals surface area contributed by atoms with Crippen molar-refractivity contribution in [2.45, 2.75) is 19.3 Å². The minimum Gasteiger partial charge on any atom is -0.497 e. The molecule has 104 valence electrons. The zero-order valence-electron chi connectivity index (χ0n) is 11.2. The maximum atomic E-state index is 12.3. The molecule has 2 N–H and O–H groups in total. The monoisotopic (exact) mass is 272 g/mol. The number of ether oxygens (including phenoxy) is 1. The number of H-pyrrole nitrogens is 1. The van der Waals surface area contributed by atoms with Gasteiger partial charge in [0.15, 0.2) is 0 Å². The number of aromatic nitrogens is 3. The molecule has 1 unspecified atom stereocenters. The number of anilines is 1. The number of nitrogens with one attached hydrogen (secondary N) is 2. The van der Waals surface area contributed by atoms with E-state index in [9.17, 15) is 4.79 Å². The van der Waals surface area contributed by atoms with Crippen molar-refractivity contribution in [1.82, 2.24) is 15.4 Å². The highest BCUT2D eigenvalue weighted by atomic mass is 16.5. The van der Waals surface area contributed by atoms with Gasteiger partial charge in [-0.05, 0) is 25.0 Å². The van der Waals surface area contributed by atoms with Crippen molar-refractivity contribution in [3.05, 3.63) is 35.7 Å². The van der Waals surface area contributed by atoms with Gasteiger partial charge in [-0.25, -0.2) is 0 Å². The van der Waals surface area contributed by atoms with Gasteiger partial charge in [0.2, 0.25) is 5.91 Å². The Morgan fingerprint density at radius 3 is 3.10 bits per heavy atom. The van der Waals surface area contributed by atoms with Gasteiger partial charge in [-0.15, -0.1) is 0 Å². The van der Waals surface area contributed by atoms with Crippen molar-refractivity contribution in [3.8, 4) is 5.75 Å². The van der Waals surface area contributed by atoms with Crippen molar-refractivity contribution in [1.29, 1.82) is 0 Å². The molecule has 2 aromatic rings. The van der Waals surface area contributed by atoms with Crippen LogP contribution in [0, 0.1) is 5.92 Å². The predicted octanol–water partition coefficient (Wildman–Crippen LogP) is 1.56. The second-order valence-corrected chi connectivity index (χ2v) is 4.88. The molecule has 1 heterocycles.